The lowest BCUT2D eigenvalue weighted by Crippen LogP contribution is -2.38. The average Bonchev–Trinajstić information content (AvgIpc) is 2.95. The van der Waals surface area contributed by atoms with Gasteiger partial charge < -0.3 is 4.90 Å². The van der Waals surface area contributed by atoms with Crippen molar-refractivity contribution in [1.29, 1.82) is 0 Å². The molecular weight excluding hydrogens is 372 g/mol. The quantitative estimate of drug-likeness (QED) is 0.683. The number of benzene rings is 2. The number of hydrogen-bond acceptors (Lipinski definition) is 3. The molecule has 0 radical (unpaired) electrons. The second-order valence-electron chi connectivity index (χ2n) is 8.95. The van der Waals surface area contributed by atoms with E-state index in [1.165, 1.54) is 4.90 Å². The lowest BCUT2D eigenvalue weighted by molar-refractivity contribution is -0.120. The van der Waals surface area contributed by atoms with Crippen molar-refractivity contribution in [3.8, 4) is 0 Å². The topological polar surface area (TPSA) is 40.6 Å². The third kappa shape index (κ3) is 3.45. The van der Waals surface area contributed by atoms with E-state index in [1.54, 1.807) is 0 Å². The van der Waals surface area contributed by atoms with Gasteiger partial charge in [-0.25, -0.2) is 4.90 Å². The van der Waals surface area contributed by atoms with Crippen molar-refractivity contribution in [3.63, 3.8) is 0 Å². The predicted molar refractivity (Wildman–Crippen MR) is 121 cm³/mol. The normalized spacial score (nSPS) is 18.0. The molecule has 2 heterocycles. The van der Waals surface area contributed by atoms with E-state index >= 15 is 0 Å². The highest BCUT2D eigenvalue weighted by molar-refractivity contribution is 6.45. The fourth-order valence-electron chi connectivity index (χ4n) is 4.56. The average molecular weight is 403 g/mol. The molecule has 156 valence electrons. The molecule has 0 spiro atoms. The van der Waals surface area contributed by atoms with E-state index in [9.17, 15) is 9.59 Å². The van der Waals surface area contributed by atoms with Gasteiger partial charge in [-0.3, -0.25) is 9.59 Å². The van der Waals surface area contributed by atoms with E-state index < -0.39 is 0 Å². The van der Waals surface area contributed by atoms with Crippen LogP contribution in [0.5, 0.6) is 0 Å². The summed E-state index contributed by atoms with van der Waals surface area (Å²) < 4.78 is 0. The fourth-order valence-corrected chi connectivity index (χ4v) is 4.56. The molecule has 0 bridgehead atoms. The number of carbonyl (C=O) groups is 2. The molecule has 1 fully saturated rings. The fraction of sp³-hybridized carbons (Fsp3) is 0.385. The monoisotopic (exact) mass is 402 g/mol. The molecule has 4 rings (SSSR count). The Labute approximate surface area is 179 Å². The van der Waals surface area contributed by atoms with E-state index in [2.05, 4.69) is 17.9 Å². The van der Waals surface area contributed by atoms with Crippen molar-refractivity contribution in [2.45, 2.75) is 47.5 Å². The number of rotatable bonds is 3. The zero-order valence-corrected chi connectivity index (χ0v) is 18.6. The van der Waals surface area contributed by atoms with Crippen LogP contribution in [0.2, 0.25) is 0 Å². The zero-order chi connectivity index (χ0) is 21.6. The summed E-state index contributed by atoms with van der Waals surface area (Å²) in [4.78, 5) is 31.0. The molecule has 4 heteroatoms. The lowest BCUT2D eigenvalue weighted by Gasteiger charge is -2.33. The number of likely N-dealkylation sites (tertiary alicyclic amines) is 1. The van der Waals surface area contributed by atoms with Gasteiger partial charge in [0.15, 0.2) is 0 Å². The Hall–Kier alpha value is -2.88. The molecule has 30 heavy (non-hydrogen) atoms. The minimum atomic E-state index is -0.214. The minimum Gasteiger partial charge on any atom is -0.366 e. The van der Waals surface area contributed by atoms with Crippen LogP contribution in [0.25, 0.3) is 5.57 Å². The Bertz CT molecular complexity index is 1060. The van der Waals surface area contributed by atoms with Crippen LogP contribution in [0.1, 0.15) is 47.6 Å². The van der Waals surface area contributed by atoms with E-state index in [-0.39, 0.29) is 11.8 Å². The third-order valence-electron chi connectivity index (χ3n) is 6.42. The maximum absolute atomic E-state index is 13.8. The number of anilines is 1. The second kappa shape index (κ2) is 7.75. The summed E-state index contributed by atoms with van der Waals surface area (Å²) in [5, 5.41) is 0. The molecule has 2 aliphatic rings. The Kier molecular flexibility index (Phi) is 5.27. The van der Waals surface area contributed by atoms with Gasteiger partial charge >= 0.3 is 0 Å². The molecule has 1 saturated heterocycles. The summed E-state index contributed by atoms with van der Waals surface area (Å²) in [6.45, 7) is 11.9. The second-order valence-corrected chi connectivity index (χ2v) is 8.95. The summed E-state index contributed by atoms with van der Waals surface area (Å²) in [5.41, 5.74) is 6.80. The number of nitrogens with zero attached hydrogens (tertiary/aromatic N) is 2. The Morgan fingerprint density at radius 3 is 2.10 bits per heavy atom. The lowest BCUT2D eigenvalue weighted by atomic mass is 9.95. The number of carbonyl (C=O) groups excluding carboxylic acids is 2. The molecule has 2 aromatic rings. The first-order chi connectivity index (χ1) is 14.3. The molecule has 4 nitrogen and oxygen atoms in total. The van der Waals surface area contributed by atoms with Gasteiger partial charge in [-0.05, 0) is 74.8 Å². The summed E-state index contributed by atoms with van der Waals surface area (Å²) in [5.74, 6) is 0.237. The summed E-state index contributed by atoms with van der Waals surface area (Å²) in [7, 11) is 0. The van der Waals surface area contributed by atoms with Gasteiger partial charge in [0.05, 0.1) is 11.3 Å². The number of aryl methyl sites for hydroxylation is 4. The van der Waals surface area contributed by atoms with E-state index in [0.717, 1.165) is 53.7 Å². The standard InChI is InChI=1S/C26H30N2O2/c1-16-10-12-27(13-11-16)24-23(21-9-7-17(2)14-20(21)5)25(29)28(26(24)30)22-15-18(3)6-8-19(22)4/h6-9,14-16H,10-13H2,1-5H3. The van der Waals surface area contributed by atoms with Crippen molar-refractivity contribution in [2.75, 3.05) is 18.0 Å². The summed E-state index contributed by atoms with van der Waals surface area (Å²) in [6, 6.07) is 12.0. The van der Waals surface area contributed by atoms with Gasteiger partial charge in [0, 0.05) is 13.1 Å². The number of piperidine rings is 1. The molecule has 0 N–H and O–H groups in total. The maximum Gasteiger partial charge on any atom is 0.282 e. The summed E-state index contributed by atoms with van der Waals surface area (Å²) >= 11 is 0. The van der Waals surface area contributed by atoms with E-state index in [0.29, 0.717) is 22.9 Å². The van der Waals surface area contributed by atoms with E-state index in [1.807, 2.05) is 58.0 Å². The SMILES string of the molecule is Cc1ccc(C2=C(N3CCC(C)CC3)C(=O)N(c3cc(C)ccc3C)C2=O)c(C)c1. The highest BCUT2D eigenvalue weighted by Crippen LogP contribution is 2.38. The van der Waals surface area contributed by atoms with Gasteiger partial charge in [-0.2, -0.15) is 0 Å². The Morgan fingerprint density at radius 2 is 1.43 bits per heavy atom. The molecular formula is C26H30N2O2. The number of amides is 2. The Balaban J connectivity index is 1.87. The predicted octanol–water partition coefficient (Wildman–Crippen LogP) is 4.94. The van der Waals surface area contributed by atoms with Crippen molar-refractivity contribution < 1.29 is 9.59 Å². The van der Waals surface area contributed by atoms with E-state index in [4.69, 9.17) is 0 Å². The van der Waals surface area contributed by atoms with Crippen LogP contribution in [0.4, 0.5) is 5.69 Å². The first-order valence-corrected chi connectivity index (χ1v) is 10.8. The molecule has 0 aliphatic carbocycles. The molecule has 2 amide bonds. The van der Waals surface area contributed by atoms with Crippen LogP contribution in [0.3, 0.4) is 0 Å². The van der Waals surface area contributed by atoms with Crippen molar-refractivity contribution >= 4 is 23.1 Å². The van der Waals surface area contributed by atoms with Crippen LogP contribution in [0, 0.1) is 33.6 Å². The van der Waals surface area contributed by atoms with Crippen LogP contribution < -0.4 is 4.90 Å². The molecule has 0 saturated carbocycles. The van der Waals surface area contributed by atoms with Crippen molar-refractivity contribution in [2.24, 2.45) is 5.92 Å². The van der Waals surface area contributed by atoms with Crippen LogP contribution in [0.15, 0.2) is 42.1 Å². The maximum atomic E-state index is 13.8. The zero-order valence-electron chi connectivity index (χ0n) is 18.6. The first-order valence-electron chi connectivity index (χ1n) is 10.8. The van der Waals surface area contributed by atoms with Gasteiger partial charge in [0.25, 0.3) is 11.8 Å². The molecule has 0 unspecified atom stereocenters. The minimum absolute atomic E-state index is 0.196. The number of imide groups is 1. The first kappa shape index (κ1) is 20.4. The van der Waals surface area contributed by atoms with Crippen LogP contribution in [-0.4, -0.2) is 29.8 Å². The highest BCUT2D eigenvalue weighted by Gasteiger charge is 2.43. The molecule has 0 aromatic heterocycles. The highest BCUT2D eigenvalue weighted by atomic mass is 16.2. The van der Waals surface area contributed by atoms with Gasteiger partial charge in [-0.15, -0.1) is 0 Å². The van der Waals surface area contributed by atoms with Crippen LogP contribution in [-0.2, 0) is 9.59 Å². The third-order valence-corrected chi connectivity index (χ3v) is 6.42. The molecule has 0 atom stereocenters. The van der Waals surface area contributed by atoms with Gasteiger partial charge in [0.1, 0.15) is 5.70 Å². The number of hydrogen-bond donors (Lipinski definition) is 0. The van der Waals surface area contributed by atoms with Gasteiger partial charge in [0.2, 0.25) is 0 Å². The van der Waals surface area contributed by atoms with Gasteiger partial charge in [-0.1, -0.05) is 42.8 Å². The van der Waals surface area contributed by atoms with Crippen molar-refractivity contribution in [3.05, 3.63) is 69.9 Å². The largest absolute Gasteiger partial charge is 0.366 e. The molecule has 2 aromatic carbocycles. The Morgan fingerprint density at radius 1 is 0.800 bits per heavy atom. The van der Waals surface area contributed by atoms with Crippen LogP contribution >= 0.6 is 0 Å². The smallest absolute Gasteiger partial charge is 0.282 e. The molecule has 2 aliphatic heterocycles. The summed E-state index contributed by atoms with van der Waals surface area (Å²) in [6.07, 6.45) is 2.07. The van der Waals surface area contributed by atoms with Crippen molar-refractivity contribution in [1.82, 2.24) is 4.90 Å².